The first kappa shape index (κ1) is 19.9. The van der Waals surface area contributed by atoms with Gasteiger partial charge in [-0.3, -0.25) is 9.59 Å². The number of carbonyl (C=O) groups excluding carboxylic acids is 2. The lowest BCUT2D eigenvalue weighted by atomic mass is 9.87. The van der Waals surface area contributed by atoms with Crippen LogP contribution in [0.2, 0.25) is 0 Å². The summed E-state index contributed by atoms with van der Waals surface area (Å²) in [7, 11) is 0. The molecule has 156 valence electrons. The SMILES string of the molecule is O=C(O)c1ccccc1CC1CCN(C(=O)C2CCCN(C(=O)C3CC3)C2)CC1. The summed E-state index contributed by atoms with van der Waals surface area (Å²) in [6.45, 7) is 2.84. The molecular weight excluding hydrogens is 368 g/mol. The Hall–Kier alpha value is -2.37. The number of rotatable bonds is 5. The highest BCUT2D eigenvalue weighted by molar-refractivity contribution is 5.89. The summed E-state index contributed by atoms with van der Waals surface area (Å²) in [5, 5.41) is 9.37. The maximum absolute atomic E-state index is 13.0. The van der Waals surface area contributed by atoms with Gasteiger partial charge >= 0.3 is 5.97 Å². The third kappa shape index (κ3) is 4.62. The van der Waals surface area contributed by atoms with E-state index in [1.54, 1.807) is 12.1 Å². The van der Waals surface area contributed by atoms with Gasteiger partial charge in [-0.25, -0.2) is 4.79 Å². The predicted octanol–water partition coefficient (Wildman–Crippen LogP) is 2.81. The molecule has 1 aromatic rings. The minimum atomic E-state index is -0.879. The zero-order valence-corrected chi connectivity index (χ0v) is 16.9. The van der Waals surface area contributed by atoms with Gasteiger partial charge in [0.15, 0.2) is 0 Å². The fraction of sp³-hybridized carbons (Fsp3) is 0.609. The Balaban J connectivity index is 1.29. The van der Waals surface area contributed by atoms with Crippen molar-refractivity contribution in [3.63, 3.8) is 0 Å². The summed E-state index contributed by atoms with van der Waals surface area (Å²) >= 11 is 0. The van der Waals surface area contributed by atoms with E-state index in [9.17, 15) is 19.5 Å². The van der Waals surface area contributed by atoms with Crippen molar-refractivity contribution in [2.24, 2.45) is 17.8 Å². The Kier molecular flexibility index (Phi) is 5.88. The molecule has 2 amide bonds. The van der Waals surface area contributed by atoms with E-state index in [1.807, 2.05) is 21.9 Å². The number of benzene rings is 1. The number of likely N-dealkylation sites (tertiary alicyclic amines) is 2. The number of carboxylic acids is 1. The third-order valence-electron chi connectivity index (χ3n) is 6.69. The minimum absolute atomic E-state index is 0.0595. The largest absolute Gasteiger partial charge is 0.478 e. The second-order valence-corrected chi connectivity index (χ2v) is 8.83. The van der Waals surface area contributed by atoms with Gasteiger partial charge in [0, 0.05) is 32.1 Å². The van der Waals surface area contributed by atoms with Gasteiger partial charge in [-0.2, -0.15) is 0 Å². The van der Waals surface area contributed by atoms with Crippen LogP contribution >= 0.6 is 0 Å². The van der Waals surface area contributed by atoms with Crippen molar-refractivity contribution >= 4 is 17.8 Å². The molecule has 2 aliphatic heterocycles. The molecule has 4 rings (SSSR count). The lowest BCUT2D eigenvalue weighted by Crippen LogP contribution is -2.49. The number of carbonyl (C=O) groups is 3. The molecule has 0 bridgehead atoms. The van der Waals surface area contributed by atoms with Crippen molar-refractivity contribution in [1.82, 2.24) is 9.80 Å². The summed E-state index contributed by atoms with van der Waals surface area (Å²) in [6, 6.07) is 7.20. The molecule has 1 atom stereocenters. The van der Waals surface area contributed by atoms with Crippen molar-refractivity contribution in [3.05, 3.63) is 35.4 Å². The highest BCUT2D eigenvalue weighted by atomic mass is 16.4. The molecule has 1 aromatic carbocycles. The molecule has 1 saturated carbocycles. The Bertz CT molecular complexity index is 781. The van der Waals surface area contributed by atoms with E-state index in [4.69, 9.17) is 0 Å². The van der Waals surface area contributed by atoms with E-state index in [0.717, 1.165) is 70.1 Å². The van der Waals surface area contributed by atoms with E-state index in [1.165, 1.54) is 0 Å². The fourth-order valence-electron chi connectivity index (χ4n) is 4.80. The molecule has 1 N–H and O–H groups in total. The maximum atomic E-state index is 13.0. The summed E-state index contributed by atoms with van der Waals surface area (Å²) in [5.74, 6) is 0.125. The van der Waals surface area contributed by atoms with Gasteiger partial charge in [-0.05, 0) is 62.5 Å². The Labute approximate surface area is 171 Å². The van der Waals surface area contributed by atoms with Crippen LogP contribution in [-0.2, 0) is 16.0 Å². The monoisotopic (exact) mass is 398 g/mol. The van der Waals surface area contributed by atoms with Crippen LogP contribution in [0.1, 0.15) is 54.4 Å². The van der Waals surface area contributed by atoms with E-state index >= 15 is 0 Å². The Morgan fingerprint density at radius 2 is 1.55 bits per heavy atom. The van der Waals surface area contributed by atoms with E-state index in [2.05, 4.69) is 0 Å². The normalized spacial score (nSPS) is 23.1. The van der Waals surface area contributed by atoms with Crippen molar-refractivity contribution in [2.45, 2.75) is 44.9 Å². The van der Waals surface area contributed by atoms with E-state index < -0.39 is 5.97 Å². The molecule has 3 fully saturated rings. The molecule has 6 heteroatoms. The summed E-state index contributed by atoms with van der Waals surface area (Å²) in [4.78, 5) is 40.7. The van der Waals surface area contributed by atoms with Crippen molar-refractivity contribution in [2.75, 3.05) is 26.2 Å². The highest BCUT2D eigenvalue weighted by Crippen LogP contribution is 2.33. The van der Waals surface area contributed by atoms with Crippen LogP contribution in [0.5, 0.6) is 0 Å². The molecule has 2 heterocycles. The number of carboxylic acid groups (broad SMARTS) is 1. The van der Waals surface area contributed by atoms with Crippen LogP contribution in [0.3, 0.4) is 0 Å². The first-order chi connectivity index (χ1) is 14.0. The number of piperidine rings is 2. The lowest BCUT2D eigenvalue weighted by molar-refractivity contribution is -0.142. The second-order valence-electron chi connectivity index (χ2n) is 8.83. The fourth-order valence-corrected chi connectivity index (χ4v) is 4.80. The number of nitrogens with zero attached hydrogens (tertiary/aromatic N) is 2. The van der Waals surface area contributed by atoms with Gasteiger partial charge in [-0.15, -0.1) is 0 Å². The summed E-state index contributed by atoms with van der Waals surface area (Å²) < 4.78 is 0. The molecule has 1 aliphatic carbocycles. The van der Waals surface area contributed by atoms with Gasteiger partial charge in [0.05, 0.1) is 11.5 Å². The second kappa shape index (κ2) is 8.56. The van der Waals surface area contributed by atoms with Crippen LogP contribution in [-0.4, -0.2) is 58.9 Å². The van der Waals surface area contributed by atoms with Crippen LogP contribution in [0.25, 0.3) is 0 Å². The molecular formula is C23H30N2O4. The highest BCUT2D eigenvalue weighted by Gasteiger charge is 2.38. The average Bonchev–Trinajstić information content (AvgIpc) is 3.59. The van der Waals surface area contributed by atoms with Gasteiger partial charge in [-0.1, -0.05) is 18.2 Å². The quantitative estimate of drug-likeness (QED) is 0.827. The number of hydrogen-bond acceptors (Lipinski definition) is 3. The Morgan fingerprint density at radius 3 is 2.24 bits per heavy atom. The first-order valence-electron chi connectivity index (χ1n) is 10.9. The van der Waals surface area contributed by atoms with E-state index in [0.29, 0.717) is 18.0 Å². The Morgan fingerprint density at radius 1 is 0.862 bits per heavy atom. The first-order valence-corrected chi connectivity index (χ1v) is 10.9. The molecule has 29 heavy (non-hydrogen) atoms. The smallest absolute Gasteiger partial charge is 0.335 e. The van der Waals surface area contributed by atoms with Crippen molar-refractivity contribution < 1.29 is 19.5 Å². The van der Waals surface area contributed by atoms with Crippen LogP contribution < -0.4 is 0 Å². The molecule has 3 aliphatic rings. The van der Waals surface area contributed by atoms with E-state index in [-0.39, 0.29) is 23.7 Å². The number of aromatic carboxylic acids is 1. The maximum Gasteiger partial charge on any atom is 0.335 e. The van der Waals surface area contributed by atoms with Crippen molar-refractivity contribution in [3.8, 4) is 0 Å². The molecule has 0 spiro atoms. The van der Waals surface area contributed by atoms with Gasteiger partial charge in [0.2, 0.25) is 11.8 Å². The number of amides is 2. The molecule has 2 saturated heterocycles. The molecule has 6 nitrogen and oxygen atoms in total. The van der Waals surface area contributed by atoms with Gasteiger partial charge < -0.3 is 14.9 Å². The molecule has 0 aromatic heterocycles. The zero-order chi connectivity index (χ0) is 20.4. The number of hydrogen-bond donors (Lipinski definition) is 1. The van der Waals surface area contributed by atoms with Crippen molar-refractivity contribution in [1.29, 1.82) is 0 Å². The van der Waals surface area contributed by atoms with Gasteiger partial charge in [0.25, 0.3) is 0 Å². The van der Waals surface area contributed by atoms with Gasteiger partial charge in [0.1, 0.15) is 0 Å². The van der Waals surface area contributed by atoms with Crippen LogP contribution in [0.15, 0.2) is 24.3 Å². The lowest BCUT2D eigenvalue weighted by Gasteiger charge is -2.38. The predicted molar refractivity (Wildman–Crippen MR) is 108 cm³/mol. The molecule has 1 unspecified atom stereocenters. The standard InChI is InChI=1S/C23H30N2O4/c26-21(17-7-8-17)25-11-3-5-19(15-25)22(27)24-12-9-16(10-13-24)14-18-4-1-2-6-20(18)23(28)29/h1-2,4,6,16-17,19H,3,5,7-15H2,(H,28,29). The van der Waals surface area contributed by atoms with Crippen LogP contribution in [0.4, 0.5) is 0 Å². The van der Waals surface area contributed by atoms with Crippen LogP contribution in [0, 0.1) is 17.8 Å². The topological polar surface area (TPSA) is 77.9 Å². The minimum Gasteiger partial charge on any atom is -0.478 e. The summed E-state index contributed by atoms with van der Waals surface area (Å²) in [6.07, 6.45) is 6.35. The zero-order valence-electron chi connectivity index (χ0n) is 16.9. The summed E-state index contributed by atoms with van der Waals surface area (Å²) in [5.41, 5.74) is 1.26. The average molecular weight is 399 g/mol. The molecule has 0 radical (unpaired) electrons. The third-order valence-corrected chi connectivity index (χ3v) is 6.69.